The Morgan fingerprint density at radius 2 is 1.92 bits per heavy atom. The molecule has 0 radical (unpaired) electrons. The first-order valence-corrected chi connectivity index (χ1v) is 8.56. The van der Waals surface area contributed by atoms with E-state index in [1.807, 2.05) is 30.3 Å². The van der Waals surface area contributed by atoms with Crippen molar-refractivity contribution in [2.75, 3.05) is 7.11 Å². The molecule has 0 spiro atoms. The van der Waals surface area contributed by atoms with Crippen molar-refractivity contribution < 1.29 is 23.0 Å². The minimum Gasteiger partial charge on any atom is -0.444 e. The highest BCUT2D eigenvalue weighted by molar-refractivity contribution is 5.68. The molecule has 0 aromatic heterocycles. The molecule has 0 bridgehead atoms. The predicted molar refractivity (Wildman–Crippen MR) is 91.6 cm³/mol. The van der Waals surface area contributed by atoms with Crippen LogP contribution in [0.2, 0.25) is 0 Å². The van der Waals surface area contributed by atoms with Gasteiger partial charge in [0.15, 0.2) is 0 Å². The van der Waals surface area contributed by atoms with Crippen LogP contribution in [0.15, 0.2) is 30.3 Å². The summed E-state index contributed by atoms with van der Waals surface area (Å²) in [5.74, 6) is -2.86. The molecule has 0 aliphatic heterocycles. The number of rotatable bonds is 4. The molecule has 1 saturated carbocycles. The lowest BCUT2D eigenvalue weighted by Gasteiger charge is -2.40. The third-order valence-corrected chi connectivity index (χ3v) is 4.32. The number of benzene rings is 1. The van der Waals surface area contributed by atoms with Crippen molar-refractivity contribution in [1.82, 2.24) is 4.90 Å². The van der Waals surface area contributed by atoms with Gasteiger partial charge in [0.25, 0.3) is 5.92 Å². The van der Waals surface area contributed by atoms with E-state index in [9.17, 15) is 13.6 Å². The first-order chi connectivity index (χ1) is 11.6. The van der Waals surface area contributed by atoms with Crippen LogP contribution in [0.1, 0.15) is 45.6 Å². The summed E-state index contributed by atoms with van der Waals surface area (Å²) in [5, 5.41) is 0. The monoisotopic (exact) mass is 355 g/mol. The Balaban J connectivity index is 2.20. The molecule has 2 atom stereocenters. The van der Waals surface area contributed by atoms with Gasteiger partial charge in [-0.25, -0.2) is 13.6 Å². The van der Waals surface area contributed by atoms with E-state index >= 15 is 0 Å². The van der Waals surface area contributed by atoms with Gasteiger partial charge >= 0.3 is 6.09 Å². The third kappa shape index (κ3) is 5.39. The maximum atomic E-state index is 13.9. The lowest BCUT2D eigenvalue weighted by molar-refractivity contribution is -0.158. The molecular weight excluding hydrogens is 328 g/mol. The van der Waals surface area contributed by atoms with Crippen molar-refractivity contribution in [3.05, 3.63) is 35.9 Å². The van der Waals surface area contributed by atoms with Gasteiger partial charge in [0.2, 0.25) is 0 Å². The van der Waals surface area contributed by atoms with Crippen LogP contribution in [0.25, 0.3) is 0 Å². The van der Waals surface area contributed by atoms with E-state index in [4.69, 9.17) is 9.47 Å². The van der Waals surface area contributed by atoms with E-state index < -0.39 is 23.7 Å². The Kier molecular flexibility index (Phi) is 6.03. The normalized spacial score (nSPS) is 23.1. The second-order valence-corrected chi connectivity index (χ2v) is 7.51. The molecule has 1 fully saturated rings. The van der Waals surface area contributed by atoms with Crippen molar-refractivity contribution >= 4 is 6.09 Å². The highest BCUT2D eigenvalue weighted by Crippen LogP contribution is 2.38. The molecular formula is C19H27F2NO3. The summed E-state index contributed by atoms with van der Waals surface area (Å²) in [6.45, 7) is 5.69. The number of alkyl halides is 2. The predicted octanol–water partition coefficient (Wildman–Crippen LogP) is 4.63. The fourth-order valence-electron chi connectivity index (χ4n) is 3.05. The van der Waals surface area contributed by atoms with E-state index in [0.29, 0.717) is 6.54 Å². The molecule has 1 aromatic rings. The van der Waals surface area contributed by atoms with Gasteiger partial charge in [0.05, 0.1) is 0 Å². The van der Waals surface area contributed by atoms with Crippen LogP contribution < -0.4 is 0 Å². The number of amides is 1. The number of ether oxygens (including phenoxy) is 2. The first kappa shape index (κ1) is 19.6. The number of nitrogens with zero attached hydrogens (tertiary/aromatic N) is 1. The molecule has 0 N–H and O–H groups in total. The van der Waals surface area contributed by atoms with Gasteiger partial charge in [0, 0.05) is 32.5 Å². The fraction of sp³-hybridized carbons (Fsp3) is 0.632. The van der Waals surface area contributed by atoms with E-state index in [0.717, 1.165) is 5.56 Å². The Morgan fingerprint density at radius 1 is 1.28 bits per heavy atom. The Morgan fingerprint density at radius 3 is 2.48 bits per heavy atom. The minimum atomic E-state index is -2.86. The summed E-state index contributed by atoms with van der Waals surface area (Å²) >= 11 is 0. The van der Waals surface area contributed by atoms with Crippen LogP contribution in [0, 0.1) is 0 Å². The number of carbonyl (C=O) groups excluding carboxylic acids is 1. The molecule has 6 heteroatoms. The van der Waals surface area contributed by atoms with Gasteiger partial charge in [-0.2, -0.15) is 0 Å². The molecule has 0 heterocycles. The summed E-state index contributed by atoms with van der Waals surface area (Å²) in [6.07, 6.45) is -1.66. The first-order valence-electron chi connectivity index (χ1n) is 8.56. The van der Waals surface area contributed by atoms with Crippen molar-refractivity contribution in [3.8, 4) is 0 Å². The number of hydrogen-bond acceptors (Lipinski definition) is 3. The summed E-state index contributed by atoms with van der Waals surface area (Å²) in [5.41, 5.74) is 0.283. The number of halogens is 2. The summed E-state index contributed by atoms with van der Waals surface area (Å²) in [4.78, 5) is 14.3. The molecule has 1 aliphatic carbocycles. The quantitative estimate of drug-likeness (QED) is 0.791. The van der Waals surface area contributed by atoms with Crippen LogP contribution in [0.3, 0.4) is 0 Å². The zero-order valence-electron chi connectivity index (χ0n) is 15.3. The van der Waals surface area contributed by atoms with Crippen LogP contribution >= 0.6 is 0 Å². The van der Waals surface area contributed by atoms with Gasteiger partial charge in [-0.1, -0.05) is 30.3 Å². The van der Waals surface area contributed by atoms with E-state index in [2.05, 4.69) is 0 Å². The number of carbonyl (C=O) groups is 1. The highest BCUT2D eigenvalue weighted by Gasteiger charge is 2.47. The van der Waals surface area contributed by atoms with Crippen LogP contribution in [-0.2, 0) is 16.0 Å². The second kappa shape index (κ2) is 7.68. The lowest BCUT2D eigenvalue weighted by Crippen LogP contribution is -2.51. The zero-order chi connectivity index (χ0) is 18.7. The smallest absolute Gasteiger partial charge is 0.410 e. The Labute approximate surface area is 148 Å². The van der Waals surface area contributed by atoms with E-state index in [-0.39, 0.29) is 25.3 Å². The minimum absolute atomic E-state index is 0.0928. The molecule has 0 saturated heterocycles. The van der Waals surface area contributed by atoms with E-state index in [1.54, 1.807) is 25.7 Å². The average Bonchev–Trinajstić information content (AvgIpc) is 2.52. The third-order valence-electron chi connectivity index (χ3n) is 4.32. The lowest BCUT2D eigenvalue weighted by atomic mass is 9.88. The zero-order valence-corrected chi connectivity index (χ0v) is 15.3. The van der Waals surface area contributed by atoms with Crippen molar-refractivity contribution in [1.29, 1.82) is 0 Å². The van der Waals surface area contributed by atoms with Gasteiger partial charge in [-0.15, -0.1) is 0 Å². The van der Waals surface area contributed by atoms with Gasteiger partial charge in [-0.3, -0.25) is 0 Å². The van der Waals surface area contributed by atoms with Crippen LogP contribution in [0.5, 0.6) is 0 Å². The van der Waals surface area contributed by atoms with Crippen molar-refractivity contribution in [3.63, 3.8) is 0 Å². The molecule has 4 nitrogen and oxygen atoms in total. The van der Waals surface area contributed by atoms with E-state index in [1.165, 1.54) is 7.11 Å². The van der Waals surface area contributed by atoms with Gasteiger partial charge in [0.1, 0.15) is 11.7 Å². The molecule has 1 amide bonds. The topological polar surface area (TPSA) is 38.8 Å². The largest absolute Gasteiger partial charge is 0.444 e. The number of hydrogen-bond donors (Lipinski definition) is 0. The Hall–Kier alpha value is -1.69. The standard InChI is InChI=1S/C19H27F2NO3/c1-18(2,3)25-17(23)22(13-14-8-6-5-7-9-14)15-10-11-19(20,21)16(12-15)24-4/h5-9,15-16H,10-13H2,1-4H3. The second-order valence-electron chi connectivity index (χ2n) is 7.51. The molecule has 1 aromatic carbocycles. The van der Waals surface area contributed by atoms with Crippen molar-refractivity contribution in [2.45, 2.75) is 70.2 Å². The highest BCUT2D eigenvalue weighted by atomic mass is 19.3. The maximum absolute atomic E-state index is 13.9. The molecule has 25 heavy (non-hydrogen) atoms. The maximum Gasteiger partial charge on any atom is 0.410 e. The number of methoxy groups -OCH3 is 1. The average molecular weight is 355 g/mol. The SMILES string of the molecule is COC1CC(N(Cc2ccccc2)C(=O)OC(C)(C)C)CCC1(F)F. The fourth-order valence-corrected chi connectivity index (χ4v) is 3.05. The molecule has 1 aliphatic rings. The molecule has 2 rings (SSSR count). The summed E-state index contributed by atoms with van der Waals surface area (Å²) in [6, 6.07) is 9.12. The molecule has 2 unspecified atom stereocenters. The van der Waals surface area contributed by atoms with Crippen LogP contribution in [-0.4, -0.2) is 41.8 Å². The summed E-state index contributed by atoms with van der Waals surface area (Å²) < 4.78 is 38.4. The van der Waals surface area contributed by atoms with Gasteiger partial charge in [-0.05, 0) is 32.8 Å². The van der Waals surface area contributed by atoms with Crippen LogP contribution in [0.4, 0.5) is 13.6 Å². The van der Waals surface area contributed by atoms with Crippen molar-refractivity contribution in [2.24, 2.45) is 0 Å². The van der Waals surface area contributed by atoms with Gasteiger partial charge < -0.3 is 14.4 Å². The summed E-state index contributed by atoms with van der Waals surface area (Å²) in [7, 11) is 1.29. The Bertz CT molecular complexity index is 572. The molecule has 140 valence electrons.